The van der Waals surface area contributed by atoms with E-state index in [0.29, 0.717) is 11.4 Å². The van der Waals surface area contributed by atoms with Crippen LogP contribution < -0.4 is 21.7 Å². The number of nitrogens with one attached hydrogen (secondary N) is 4. The topological polar surface area (TPSA) is 200 Å². The predicted octanol–water partition coefficient (Wildman–Crippen LogP) is -2.80. The number of thioether (sulfide) groups is 1. The summed E-state index contributed by atoms with van der Waals surface area (Å²) in [4.78, 5) is 54.5. The molecule has 1 heterocycles. The summed E-state index contributed by atoms with van der Waals surface area (Å²) >= 11 is 1.44. The molecule has 0 saturated carbocycles. The van der Waals surface area contributed by atoms with Crippen LogP contribution in [0.15, 0.2) is 12.5 Å². The van der Waals surface area contributed by atoms with Gasteiger partial charge < -0.3 is 36.9 Å². The highest BCUT2D eigenvalue weighted by molar-refractivity contribution is 7.98. The first-order chi connectivity index (χ1) is 13.8. The number of imidazole rings is 1. The van der Waals surface area contributed by atoms with E-state index >= 15 is 0 Å². The third-order valence-corrected chi connectivity index (χ3v) is 4.50. The summed E-state index contributed by atoms with van der Waals surface area (Å²) in [6.45, 7) is -1.08. The Hall–Kier alpha value is -2.64. The molecule has 0 saturated heterocycles. The minimum Gasteiger partial charge on any atom is -0.480 e. The molecule has 0 aliphatic rings. The van der Waals surface area contributed by atoms with E-state index in [0.717, 1.165) is 0 Å². The zero-order valence-corrected chi connectivity index (χ0v) is 16.7. The van der Waals surface area contributed by atoms with Crippen LogP contribution in [0, 0.1) is 0 Å². The molecule has 0 bridgehead atoms. The Morgan fingerprint density at radius 1 is 1.17 bits per heavy atom. The summed E-state index contributed by atoms with van der Waals surface area (Å²) in [6.07, 6.45) is 4.86. The molecule has 1 aromatic rings. The number of nitrogens with two attached hydrogens (primary N) is 1. The van der Waals surface area contributed by atoms with Gasteiger partial charge in [0.25, 0.3) is 0 Å². The van der Waals surface area contributed by atoms with Gasteiger partial charge in [0.15, 0.2) is 0 Å². The molecule has 0 aliphatic carbocycles. The van der Waals surface area contributed by atoms with Crippen LogP contribution in [0.1, 0.15) is 12.1 Å². The number of carboxylic acid groups (broad SMARTS) is 1. The van der Waals surface area contributed by atoms with E-state index in [1.54, 1.807) is 0 Å². The monoisotopic (exact) mass is 430 g/mol. The van der Waals surface area contributed by atoms with Gasteiger partial charge in [-0.15, -0.1) is 0 Å². The predicted molar refractivity (Wildman–Crippen MR) is 105 cm³/mol. The summed E-state index contributed by atoms with van der Waals surface area (Å²) in [5.41, 5.74) is 5.70. The van der Waals surface area contributed by atoms with Gasteiger partial charge in [-0.05, 0) is 18.4 Å². The number of hydrogen-bond acceptors (Lipinski definition) is 8. The van der Waals surface area contributed by atoms with Gasteiger partial charge in [-0.25, -0.2) is 9.78 Å². The van der Waals surface area contributed by atoms with Crippen molar-refractivity contribution in [3.63, 3.8) is 0 Å². The summed E-state index contributed by atoms with van der Waals surface area (Å²) in [7, 11) is 0. The molecule has 0 aromatic carbocycles. The highest BCUT2D eigenvalue weighted by atomic mass is 32.2. The van der Waals surface area contributed by atoms with Gasteiger partial charge in [-0.2, -0.15) is 11.8 Å². The van der Waals surface area contributed by atoms with E-state index in [9.17, 15) is 29.4 Å². The summed E-state index contributed by atoms with van der Waals surface area (Å²) in [5.74, 6) is -2.86. The van der Waals surface area contributed by atoms with Crippen LogP contribution in [0.25, 0.3) is 0 Å². The van der Waals surface area contributed by atoms with Gasteiger partial charge in [0, 0.05) is 18.3 Å². The molecule has 12 nitrogen and oxygen atoms in total. The molecule has 162 valence electrons. The first kappa shape index (κ1) is 24.4. The fourth-order valence-electron chi connectivity index (χ4n) is 2.31. The number of aromatic amines is 1. The molecule has 0 aliphatic heterocycles. The van der Waals surface area contributed by atoms with Crippen LogP contribution in [0.5, 0.6) is 0 Å². The van der Waals surface area contributed by atoms with E-state index in [2.05, 4.69) is 25.9 Å². The maximum atomic E-state index is 12.7. The summed E-state index contributed by atoms with van der Waals surface area (Å²) < 4.78 is 0. The second-order valence-electron chi connectivity index (χ2n) is 6.03. The first-order valence-electron chi connectivity index (χ1n) is 8.72. The normalized spacial score (nSPS) is 13.8. The maximum Gasteiger partial charge on any atom is 0.326 e. The number of aliphatic hydroxyl groups excluding tert-OH is 1. The molecule has 3 atom stereocenters. The lowest BCUT2D eigenvalue weighted by Gasteiger charge is -2.23. The molecule has 0 fully saturated rings. The van der Waals surface area contributed by atoms with Crippen molar-refractivity contribution in [2.75, 3.05) is 25.2 Å². The second kappa shape index (κ2) is 12.7. The number of nitrogens with zero attached hydrogens (tertiary/aromatic N) is 1. The van der Waals surface area contributed by atoms with Crippen molar-refractivity contribution in [2.24, 2.45) is 5.73 Å². The number of amides is 3. The zero-order valence-electron chi connectivity index (χ0n) is 15.9. The smallest absolute Gasteiger partial charge is 0.326 e. The highest BCUT2D eigenvalue weighted by Gasteiger charge is 2.29. The Morgan fingerprint density at radius 2 is 1.83 bits per heavy atom. The number of rotatable bonds is 13. The number of carbonyl (C=O) groups is 4. The Labute approximate surface area is 171 Å². The largest absolute Gasteiger partial charge is 0.480 e. The Kier molecular flexibility index (Phi) is 10.7. The molecule has 0 spiro atoms. The fourth-order valence-corrected chi connectivity index (χ4v) is 2.78. The number of aromatic nitrogens is 2. The number of aliphatic carboxylic acids is 1. The lowest BCUT2D eigenvalue weighted by atomic mass is 10.1. The van der Waals surface area contributed by atoms with Gasteiger partial charge in [0.2, 0.25) is 17.7 Å². The Bertz CT molecular complexity index is 685. The SMILES string of the molecule is CSCCC(NC(=O)C(Cc1cnc[nH]1)NC(=O)C(CO)NC(=O)CN)C(=O)O. The molecule has 3 unspecified atom stereocenters. The van der Waals surface area contributed by atoms with Crippen LogP contribution in [0.3, 0.4) is 0 Å². The third kappa shape index (κ3) is 8.50. The number of carboxylic acids is 1. The molecular formula is C16H26N6O6S. The lowest BCUT2D eigenvalue weighted by molar-refractivity contribution is -0.142. The first-order valence-corrected chi connectivity index (χ1v) is 10.1. The summed E-state index contributed by atoms with van der Waals surface area (Å²) in [5, 5.41) is 25.7. The number of hydrogen-bond donors (Lipinski definition) is 7. The van der Waals surface area contributed by atoms with Crippen molar-refractivity contribution in [1.29, 1.82) is 0 Å². The van der Waals surface area contributed by atoms with Gasteiger partial charge in [-0.1, -0.05) is 0 Å². The van der Waals surface area contributed by atoms with Crippen molar-refractivity contribution in [1.82, 2.24) is 25.9 Å². The second-order valence-corrected chi connectivity index (χ2v) is 7.02. The Morgan fingerprint density at radius 3 is 2.34 bits per heavy atom. The van der Waals surface area contributed by atoms with Crippen molar-refractivity contribution in [2.45, 2.75) is 31.0 Å². The van der Waals surface area contributed by atoms with Crippen LogP contribution in [-0.2, 0) is 25.6 Å². The molecule has 0 radical (unpaired) electrons. The van der Waals surface area contributed by atoms with Gasteiger partial charge in [-0.3, -0.25) is 14.4 Å². The molecule has 29 heavy (non-hydrogen) atoms. The van der Waals surface area contributed by atoms with E-state index < -0.39 is 48.4 Å². The molecular weight excluding hydrogens is 404 g/mol. The van der Waals surface area contributed by atoms with Crippen molar-refractivity contribution in [3.8, 4) is 0 Å². The Balaban J connectivity index is 2.91. The minimum absolute atomic E-state index is 0.00454. The van der Waals surface area contributed by atoms with Crippen molar-refractivity contribution >= 4 is 35.5 Å². The lowest BCUT2D eigenvalue weighted by Crippen LogP contribution is -2.57. The number of aliphatic hydroxyl groups is 1. The standard InChI is InChI=1S/C16H26N6O6S/c1-29-3-2-10(16(27)28)21-14(25)11(4-9-6-18-8-19-9)22-15(26)12(7-23)20-13(24)5-17/h6,8,10-12,23H,2-5,7,17H2,1H3,(H,18,19)(H,20,24)(H,21,25)(H,22,26)(H,27,28). The molecule has 8 N–H and O–H groups in total. The zero-order chi connectivity index (χ0) is 21.8. The molecule has 1 aromatic heterocycles. The van der Waals surface area contributed by atoms with Crippen molar-refractivity contribution in [3.05, 3.63) is 18.2 Å². The molecule has 3 amide bonds. The minimum atomic E-state index is -1.31. The third-order valence-electron chi connectivity index (χ3n) is 3.86. The maximum absolute atomic E-state index is 12.7. The van der Waals surface area contributed by atoms with Gasteiger partial charge in [0.05, 0.1) is 19.5 Å². The van der Waals surface area contributed by atoms with Crippen LogP contribution in [-0.4, -0.2) is 87.2 Å². The summed E-state index contributed by atoms with van der Waals surface area (Å²) in [6, 6.07) is -3.60. The number of carbonyl (C=O) groups excluding carboxylic acids is 3. The van der Waals surface area contributed by atoms with Gasteiger partial charge >= 0.3 is 5.97 Å². The van der Waals surface area contributed by atoms with E-state index in [1.165, 1.54) is 24.3 Å². The average Bonchev–Trinajstić information content (AvgIpc) is 3.21. The van der Waals surface area contributed by atoms with E-state index in [-0.39, 0.29) is 19.4 Å². The van der Waals surface area contributed by atoms with E-state index in [1.807, 2.05) is 6.26 Å². The molecule has 13 heteroatoms. The highest BCUT2D eigenvalue weighted by Crippen LogP contribution is 2.04. The van der Waals surface area contributed by atoms with Crippen LogP contribution in [0.2, 0.25) is 0 Å². The molecule has 1 rings (SSSR count). The van der Waals surface area contributed by atoms with Crippen LogP contribution >= 0.6 is 11.8 Å². The van der Waals surface area contributed by atoms with Crippen LogP contribution in [0.4, 0.5) is 0 Å². The quantitative estimate of drug-likeness (QED) is 0.173. The van der Waals surface area contributed by atoms with Gasteiger partial charge in [0.1, 0.15) is 18.1 Å². The van der Waals surface area contributed by atoms with Crippen molar-refractivity contribution < 1.29 is 29.4 Å². The fraction of sp³-hybridized carbons (Fsp3) is 0.562. The average molecular weight is 430 g/mol. The number of H-pyrrole nitrogens is 1. The van der Waals surface area contributed by atoms with E-state index in [4.69, 9.17) is 5.73 Å².